The molecular formula is C37H36N6O3. The summed E-state index contributed by atoms with van der Waals surface area (Å²) in [5.41, 5.74) is 13.8. The smallest absolute Gasteiger partial charge is 0.254 e. The minimum Gasteiger partial charge on any atom is -0.494 e. The number of aromatic amines is 1. The van der Waals surface area contributed by atoms with Crippen molar-refractivity contribution in [2.45, 2.75) is 44.3 Å². The van der Waals surface area contributed by atoms with Crippen molar-refractivity contribution in [1.29, 1.82) is 0 Å². The van der Waals surface area contributed by atoms with Gasteiger partial charge >= 0.3 is 0 Å². The number of nitrogens with two attached hydrogens (primary N) is 1. The van der Waals surface area contributed by atoms with E-state index in [0.717, 1.165) is 76.0 Å². The third kappa shape index (κ3) is 4.14. The van der Waals surface area contributed by atoms with Crippen LogP contribution in [-0.2, 0) is 13.6 Å². The molecule has 3 fully saturated rings. The minimum atomic E-state index is 0.00296. The highest BCUT2D eigenvalue weighted by Crippen LogP contribution is 2.41. The molecule has 3 N–H and O–H groups in total. The van der Waals surface area contributed by atoms with Gasteiger partial charge in [0.1, 0.15) is 11.3 Å². The number of hydrogen-bond donors (Lipinski definition) is 2. The average Bonchev–Trinajstić information content (AvgIpc) is 3.47. The van der Waals surface area contributed by atoms with E-state index in [0.29, 0.717) is 28.5 Å². The Morgan fingerprint density at radius 3 is 2.61 bits per heavy atom. The van der Waals surface area contributed by atoms with Crippen LogP contribution in [0.2, 0.25) is 0 Å². The Labute approximate surface area is 265 Å². The first kappa shape index (κ1) is 27.4. The van der Waals surface area contributed by atoms with Gasteiger partial charge in [0.2, 0.25) is 0 Å². The van der Waals surface area contributed by atoms with Crippen molar-refractivity contribution in [2.75, 3.05) is 13.7 Å². The van der Waals surface area contributed by atoms with Gasteiger partial charge in [0.25, 0.3) is 5.91 Å². The van der Waals surface area contributed by atoms with Gasteiger partial charge in [-0.2, -0.15) is 0 Å². The van der Waals surface area contributed by atoms with Crippen LogP contribution in [-0.4, -0.2) is 55.6 Å². The maximum absolute atomic E-state index is 13.8. The summed E-state index contributed by atoms with van der Waals surface area (Å²) in [5, 5.41) is 1.83. The molecule has 2 bridgehead atoms. The molecule has 3 aromatic heterocycles. The number of ether oxygens (including phenoxy) is 1. The second-order valence-corrected chi connectivity index (χ2v) is 13.4. The summed E-state index contributed by atoms with van der Waals surface area (Å²) in [6.45, 7) is 1.63. The Balaban J connectivity index is 1.16. The molecule has 2 aliphatic carbocycles. The van der Waals surface area contributed by atoms with E-state index in [-0.39, 0.29) is 23.4 Å². The van der Waals surface area contributed by atoms with E-state index in [1.807, 2.05) is 42.3 Å². The number of likely N-dealkylation sites (tertiary alicyclic amines) is 1. The van der Waals surface area contributed by atoms with Crippen molar-refractivity contribution in [3.05, 3.63) is 82.6 Å². The number of nitrogens with zero attached hydrogens (tertiary/aromatic N) is 4. The van der Waals surface area contributed by atoms with Gasteiger partial charge in [-0.1, -0.05) is 18.2 Å². The van der Waals surface area contributed by atoms with Gasteiger partial charge in [-0.25, -0.2) is 4.98 Å². The van der Waals surface area contributed by atoms with Gasteiger partial charge < -0.3 is 29.5 Å². The summed E-state index contributed by atoms with van der Waals surface area (Å²) in [6, 6.07) is 20.3. The maximum atomic E-state index is 13.8. The molecule has 232 valence electrons. The van der Waals surface area contributed by atoms with Crippen LogP contribution in [0.3, 0.4) is 0 Å². The highest BCUT2D eigenvalue weighted by atomic mass is 16.5. The molecule has 9 rings (SSSR count). The Hall–Kier alpha value is -4.89. The van der Waals surface area contributed by atoms with Crippen molar-refractivity contribution in [3.63, 3.8) is 0 Å². The number of methoxy groups -OCH3 is 1. The third-order valence-electron chi connectivity index (χ3n) is 10.7. The molecule has 46 heavy (non-hydrogen) atoms. The van der Waals surface area contributed by atoms with Gasteiger partial charge in [0.05, 0.1) is 18.3 Å². The van der Waals surface area contributed by atoms with Gasteiger partial charge in [-0.05, 0) is 85.0 Å². The standard InChI is InChI=1S/C37H36N6O3/c1-41-35-28(14-25(17-33(35)46-2)37(45)43-19-24-8-10-29(43)34(24)38)40-36(41)31-16-23-6-5-22(15-30(23)42(31)18-20-3-4-20)21-7-9-26-27(13-21)39-12-11-32(26)44/h5-7,9,11-17,20,24,29,34H,3-4,8,10,18-19,38H2,1-2H3,(H,39,44)/t24?,29?,34-/m1/s1. The van der Waals surface area contributed by atoms with Crippen molar-refractivity contribution < 1.29 is 9.53 Å². The lowest BCUT2D eigenvalue weighted by atomic mass is 10.0. The van der Waals surface area contributed by atoms with Gasteiger partial charge in [0, 0.05) is 71.9 Å². The number of carbonyl (C=O) groups is 1. The number of amides is 1. The largest absolute Gasteiger partial charge is 0.494 e. The van der Waals surface area contributed by atoms with Crippen LogP contribution in [0.5, 0.6) is 5.75 Å². The Kier molecular flexibility index (Phi) is 5.99. The highest BCUT2D eigenvalue weighted by Gasteiger charge is 2.47. The molecule has 0 radical (unpaired) electrons. The number of imidazole rings is 1. The van der Waals surface area contributed by atoms with E-state index >= 15 is 0 Å². The number of benzene rings is 3. The van der Waals surface area contributed by atoms with E-state index in [1.165, 1.54) is 12.8 Å². The summed E-state index contributed by atoms with van der Waals surface area (Å²) in [4.78, 5) is 36.4. The molecular weight excluding hydrogens is 576 g/mol. The van der Waals surface area contributed by atoms with Crippen LogP contribution in [0.15, 0.2) is 71.7 Å². The quantitative estimate of drug-likeness (QED) is 0.251. The fraction of sp³-hybridized carbons (Fsp3) is 0.324. The molecule has 9 heteroatoms. The summed E-state index contributed by atoms with van der Waals surface area (Å²) in [6.07, 6.45) is 6.21. The SMILES string of the molecule is COc1cc(C(=O)N2CC3CCC2[C@@H]3N)cc2nc(-c3cc4ccc(-c5ccc6c(=O)cc[nH]c6c5)cc4n3CC3CC3)n(C)c12. The molecule has 3 aliphatic rings. The zero-order valence-electron chi connectivity index (χ0n) is 26.0. The molecule has 3 atom stereocenters. The second-order valence-electron chi connectivity index (χ2n) is 13.4. The van der Waals surface area contributed by atoms with Gasteiger partial charge in [-0.15, -0.1) is 0 Å². The molecule has 1 aliphatic heterocycles. The molecule has 4 heterocycles. The number of rotatable bonds is 6. The summed E-state index contributed by atoms with van der Waals surface area (Å²) >= 11 is 0. The van der Waals surface area contributed by atoms with Crippen LogP contribution < -0.4 is 15.9 Å². The minimum absolute atomic E-state index is 0.00296. The predicted molar refractivity (Wildman–Crippen MR) is 180 cm³/mol. The number of piperidine rings is 1. The Morgan fingerprint density at radius 2 is 1.85 bits per heavy atom. The number of hydrogen-bond acceptors (Lipinski definition) is 5. The first-order valence-electron chi connectivity index (χ1n) is 16.2. The number of carbonyl (C=O) groups excluding carboxylic acids is 1. The number of pyridine rings is 1. The van der Waals surface area contributed by atoms with E-state index in [9.17, 15) is 9.59 Å². The Bertz CT molecular complexity index is 2270. The number of aryl methyl sites for hydroxylation is 1. The summed E-state index contributed by atoms with van der Waals surface area (Å²) < 4.78 is 10.4. The number of fused-ring (bicyclic) bond motifs is 5. The number of nitrogens with one attached hydrogen (secondary N) is 1. The van der Waals surface area contributed by atoms with E-state index in [2.05, 4.69) is 38.4 Å². The van der Waals surface area contributed by atoms with Crippen LogP contribution in [0.25, 0.3) is 55.5 Å². The molecule has 3 aromatic carbocycles. The van der Waals surface area contributed by atoms with Crippen LogP contribution in [0.1, 0.15) is 36.0 Å². The monoisotopic (exact) mass is 612 g/mol. The van der Waals surface area contributed by atoms with E-state index in [1.54, 1.807) is 19.4 Å². The first-order valence-corrected chi connectivity index (χ1v) is 16.2. The molecule has 0 spiro atoms. The predicted octanol–water partition coefficient (Wildman–Crippen LogP) is 5.68. The van der Waals surface area contributed by atoms with Gasteiger partial charge in [0.15, 0.2) is 11.3 Å². The van der Waals surface area contributed by atoms with Gasteiger partial charge in [-0.3, -0.25) is 9.59 Å². The molecule has 2 unspecified atom stereocenters. The molecule has 1 saturated heterocycles. The molecule has 1 amide bonds. The molecule has 6 aromatic rings. The van der Waals surface area contributed by atoms with Crippen LogP contribution in [0, 0.1) is 11.8 Å². The summed E-state index contributed by atoms with van der Waals surface area (Å²) in [7, 11) is 3.67. The lowest BCUT2D eigenvalue weighted by Crippen LogP contribution is -2.41. The maximum Gasteiger partial charge on any atom is 0.254 e. The molecule has 2 saturated carbocycles. The fourth-order valence-corrected chi connectivity index (χ4v) is 8.00. The van der Waals surface area contributed by atoms with E-state index in [4.69, 9.17) is 15.5 Å². The normalized spacial score (nSPS) is 20.8. The third-order valence-corrected chi connectivity index (χ3v) is 10.7. The van der Waals surface area contributed by atoms with Crippen molar-refractivity contribution >= 4 is 38.7 Å². The second kappa shape index (κ2) is 10.1. The van der Waals surface area contributed by atoms with Crippen molar-refractivity contribution in [3.8, 4) is 28.4 Å². The summed E-state index contributed by atoms with van der Waals surface area (Å²) in [5.74, 6) is 2.50. The lowest BCUT2D eigenvalue weighted by molar-refractivity contribution is 0.0700. The van der Waals surface area contributed by atoms with Crippen molar-refractivity contribution in [1.82, 2.24) is 24.0 Å². The lowest BCUT2D eigenvalue weighted by Gasteiger charge is -2.27. The van der Waals surface area contributed by atoms with Crippen LogP contribution in [0.4, 0.5) is 0 Å². The Morgan fingerprint density at radius 1 is 1.02 bits per heavy atom. The van der Waals surface area contributed by atoms with Crippen molar-refractivity contribution in [2.24, 2.45) is 24.6 Å². The first-order chi connectivity index (χ1) is 22.4. The van der Waals surface area contributed by atoms with Crippen LogP contribution >= 0.6 is 0 Å². The molecule has 9 nitrogen and oxygen atoms in total. The zero-order valence-corrected chi connectivity index (χ0v) is 26.0. The highest BCUT2D eigenvalue weighted by molar-refractivity contribution is 6.01. The average molecular weight is 613 g/mol. The number of H-pyrrole nitrogens is 1. The topological polar surface area (TPSA) is 111 Å². The van der Waals surface area contributed by atoms with E-state index < -0.39 is 0 Å². The zero-order chi connectivity index (χ0) is 31.3. The number of aromatic nitrogens is 4. The fourth-order valence-electron chi connectivity index (χ4n) is 8.00.